The summed E-state index contributed by atoms with van der Waals surface area (Å²) in [5.41, 5.74) is 1.90. The van der Waals surface area contributed by atoms with E-state index in [2.05, 4.69) is 0 Å². The van der Waals surface area contributed by atoms with E-state index in [1.165, 1.54) is 5.56 Å². The van der Waals surface area contributed by atoms with Gasteiger partial charge in [0, 0.05) is 6.42 Å². The van der Waals surface area contributed by atoms with Gasteiger partial charge in [-0.05, 0) is 60.2 Å². The van der Waals surface area contributed by atoms with Gasteiger partial charge in [0.25, 0.3) is 0 Å². The van der Waals surface area contributed by atoms with Crippen molar-refractivity contribution in [2.45, 2.75) is 6.42 Å². The van der Waals surface area contributed by atoms with Crippen molar-refractivity contribution in [1.29, 1.82) is 0 Å². The van der Waals surface area contributed by atoms with E-state index in [1.807, 2.05) is 60.7 Å². The molecule has 0 aromatic heterocycles. The Morgan fingerprint density at radius 2 is 1.19 bits per heavy atom. The minimum atomic E-state index is -0.517. The molecule has 0 amide bonds. The van der Waals surface area contributed by atoms with Gasteiger partial charge in [-0.25, -0.2) is 9.59 Å². The third-order valence-corrected chi connectivity index (χ3v) is 5.20. The summed E-state index contributed by atoms with van der Waals surface area (Å²) < 4.78 is 22.0. The molecule has 0 bridgehead atoms. The molecule has 4 rings (SSSR count). The third-order valence-electron chi connectivity index (χ3n) is 5.20. The van der Waals surface area contributed by atoms with Gasteiger partial charge in [0.1, 0.15) is 30.5 Å². The summed E-state index contributed by atoms with van der Waals surface area (Å²) in [6.07, 6.45) is 0.768. The molecular weight excluding hydrogens is 456 g/mol. The van der Waals surface area contributed by atoms with E-state index in [0.717, 1.165) is 6.42 Å². The lowest BCUT2D eigenvalue weighted by Crippen LogP contribution is -2.12. The molecule has 0 fully saturated rings. The largest absolute Gasteiger partial charge is 0.493 e. The number of esters is 2. The molecule has 0 atom stereocenters. The van der Waals surface area contributed by atoms with Gasteiger partial charge >= 0.3 is 11.9 Å². The maximum absolute atomic E-state index is 12.6. The van der Waals surface area contributed by atoms with Crippen LogP contribution in [0.15, 0.2) is 109 Å². The number of carbonyl (C=O) groups excluding carboxylic acids is 2. The number of hydrogen-bond donors (Lipinski definition) is 0. The first kappa shape index (κ1) is 24.5. The average molecular weight is 483 g/mol. The highest BCUT2D eigenvalue weighted by molar-refractivity contribution is 5.92. The fourth-order valence-electron chi connectivity index (χ4n) is 3.36. The van der Waals surface area contributed by atoms with Crippen LogP contribution in [0.3, 0.4) is 0 Å². The molecule has 0 spiro atoms. The van der Waals surface area contributed by atoms with E-state index < -0.39 is 11.9 Å². The van der Waals surface area contributed by atoms with Crippen molar-refractivity contribution in [2.75, 3.05) is 19.8 Å². The molecule has 4 aromatic carbocycles. The van der Waals surface area contributed by atoms with Gasteiger partial charge in [0.05, 0.1) is 17.7 Å². The number of hydrogen-bond acceptors (Lipinski definition) is 6. The van der Waals surface area contributed by atoms with Gasteiger partial charge in [-0.15, -0.1) is 0 Å². The SMILES string of the molecule is O=C(OCCOc1ccccc1)c1ccc(OC(=O)c2cccc(OCCc3ccccc3)c2)cc1. The Kier molecular flexibility index (Phi) is 8.70. The van der Waals surface area contributed by atoms with E-state index in [4.69, 9.17) is 18.9 Å². The Hall–Kier alpha value is -4.58. The molecule has 0 N–H and O–H groups in total. The predicted octanol–water partition coefficient (Wildman–Crippen LogP) is 5.76. The molecule has 36 heavy (non-hydrogen) atoms. The lowest BCUT2D eigenvalue weighted by atomic mass is 10.2. The molecule has 0 heterocycles. The highest BCUT2D eigenvalue weighted by Crippen LogP contribution is 2.18. The Morgan fingerprint density at radius 3 is 1.94 bits per heavy atom. The molecule has 0 saturated carbocycles. The van der Waals surface area contributed by atoms with Gasteiger partial charge in [-0.1, -0.05) is 54.6 Å². The average Bonchev–Trinajstić information content (AvgIpc) is 2.93. The fraction of sp³-hybridized carbons (Fsp3) is 0.133. The minimum absolute atomic E-state index is 0.119. The van der Waals surface area contributed by atoms with Crippen LogP contribution in [0.5, 0.6) is 17.2 Å². The topological polar surface area (TPSA) is 71.1 Å². The van der Waals surface area contributed by atoms with E-state index in [-0.39, 0.29) is 13.2 Å². The smallest absolute Gasteiger partial charge is 0.343 e. The zero-order valence-electron chi connectivity index (χ0n) is 19.7. The van der Waals surface area contributed by atoms with Crippen molar-refractivity contribution in [1.82, 2.24) is 0 Å². The quantitative estimate of drug-likeness (QED) is 0.154. The molecule has 0 radical (unpaired) electrons. The zero-order chi connectivity index (χ0) is 25.0. The summed E-state index contributed by atoms with van der Waals surface area (Å²) >= 11 is 0. The second kappa shape index (κ2) is 12.8. The van der Waals surface area contributed by atoms with Crippen LogP contribution in [-0.2, 0) is 11.2 Å². The summed E-state index contributed by atoms with van der Waals surface area (Å²) in [6, 6.07) is 32.4. The van der Waals surface area contributed by atoms with Crippen LogP contribution in [0.1, 0.15) is 26.3 Å². The van der Waals surface area contributed by atoms with Crippen molar-refractivity contribution in [2.24, 2.45) is 0 Å². The molecule has 0 saturated heterocycles. The summed E-state index contributed by atoms with van der Waals surface area (Å²) in [5.74, 6) is 0.625. The molecule has 6 nitrogen and oxygen atoms in total. The van der Waals surface area contributed by atoms with E-state index >= 15 is 0 Å². The van der Waals surface area contributed by atoms with Gasteiger partial charge in [0.15, 0.2) is 0 Å². The van der Waals surface area contributed by atoms with Crippen molar-refractivity contribution in [3.63, 3.8) is 0 Å². The van der Waals surface area contributed by atoms with Gasteiger partial charge in [0.2, 0.25) is 0 Å². The van der Waals surface area contributed by atoms with Crippen LogP contribution in [0.4, 0.5) is 0 Å². The molecule has 0 aliphatic carbocycles. The van der Waals surface area contributed by atoms with Crippen LogP contribution < -0.4 is 14.2 Å². The lowest BCUT2D eigenvalue weighted by Gasteiger charge is -2.09. The molecule has 182 valence electrons. The van der Waals surface area contributed by atoms with Crippen LogP contribution in [0.25, 0.3) is 0 Å². The van der Waals surface area contributed by atoms with Gasteiger partial charge < -0.3 is 18.9 Å². The number of para-hydroxylation sites is 1. The van der Waals surface area contributed by atoms with Crippen LogP contribution >= 0.6 is 0 Å². The minimum Gasteiger partial charge on any atom is -0.493 e. The number of rotatable bonds is 11. The monoisotopic (exact) mass is 482 g/mol. The molecular formula is C30H26O6. The van der Waals surface area contributed by atoms with Crippen molar-refractivity contribution < 1.29 is 28.5 Å². The third kappa shape index (κ3) is 7.46. The van der Waals surface area contributed by atoms with Crippen LogP contribution in [0, 0.1) is 0 Å². The fourth-order valence-corrected chi connectivity index (χ4v) is 3.36. The van der Waals surface area contributed by atoms with E-state index in [1.54, 1.807) is 48.5 Å². The number of ether oxygens (including phenoxy) is 4. The summed E-state index contributed by atoms with van der Waals surface area (Å²) in [5, 5.41) is 0. The van der Waals surface area contributed by atoms with E-state index in [0.29, 0.717) is 35.0 Å². The molecule has 0 aliphatic heterocycles. The van der Waals surface area contributed by atoms with Crippen molar-refractivity contribution in [3.8, 4) is 17.2 Å². The first-order valence-corrected chi connectivity index (χ1v) is 11.6. The van der Waals surface area contributed by atoms with Crippen LogP contribution in [0.2, 0.25) is 0 Å². The van der Waals surface area contributed by atoms with Gasteiger partial charge in [-0.3, -0.25) is 0 Å². The summed E-state index contributed by atoms with van der Waals surface area (Å²) in [6.45, 7) is 0.868. The number of carbonyl (C=O) groups is 2. The first-order chi connectivity index (χ1) is 17.7. The van der Waals surface area contributed by atoms with Crippen molar-refractivity contribution >= 4 is 11.9 Å². The highest BCUT2D eigenvalue weighted by atomic mass is 16.6. The highest BCUT2D eigenvalue weighted by Gasteiger charge is 2.12. The summed E-state index contributed by atoms with van der Waals surface area (Å²) in [7, 11) is 0. The maximum Gasteiger partial charge on any atom is 0.343 e. The predicted molar refractivity (Wildman–Crippen MR) is 136 cm³/mol. The lowest BCUT2D eigenvalue weighted by molar-refractivity contribution is 0.0450. The van der Waals surface area contributed by atoms with Crippen LogP contribution in [-0.4, -0.2) is 31.8 Å². The van der Waals surface area contributed by atoms with Crippen molar-refractivity contribution in [3.05, 3.63) is 126 Å². The molecule has 6 heteroatoms. The maximum atomic E-state index is 12.6. The second-order valence-electron chi connectivity index (χ2n) is 7.82. The molecule has 0 unspecified atom stereocenters. The molecule has 4 aromatic rings. The zero-order valence-corrected chi connectivity index (χ0v) is 19.7. The Morgan fingerprint density at radius 1 is 0.528 bits per heavy atom. The summed E-state index contributed by atoms with van der Waals surface area (Å²) in [4.78, 5) is 24.8. The normalized spacial score (nSPS) is 10.3. The Bertz CT molecular complexity index is 1250. The number of benzene rings is 4. The van der Waals surface area contributed by atoms with Gasteiger partial charge in [-0.2, -0.15) is 0 Å². The standard InChI is InChI=1S/C30H26O6/c31-29(35-21-20-34-26-11-5-2-6-12-26)24-14-16-27(17-15-24)36-30(32)25-10-7-13-28(22-25)33-19-18-23-8-3-1-4-9-23/h1-17,22H,18-21H2. The Labute approximate surface area is 210 Å². The van der Waals surface area contributed by atoms with E-state index in [9.17, 15) is 9.59 Å². The molecule has 0 aliphatic rings. The second-order valence-corrected chi connectivity index (χ2v) is 7.82. The first-order valence-electron chi connectivity index (χ1n) is 11.6. The Balaban J connectivity index is 1.23.